The Balaban J connectivity index is 1.62. The molecule has 0 aromatic rings. The van der Waals surface area contributed by atoms with Crippen molar-refractivity contribution in [2.45, 2.75) is 71.1 Å². The van der Waals surface area contributed by atoms with Crippen LogP contribution < -0.4 is 0 Å². The second kappa shape index (κ2) is 9.39. The van der Waals surface area contributed by atoms with Gasteiger partial charge in [-0.1, -0.05) is 44.6 Å². The molecular formula is C17H30S2. The molecule has 0 spiro atoms. The van der Waals surface area contributed by atoms with Crippen LogP contribution in [0.2, 0.25) is 0 Å². The van der Waals surface area contributed by atoms with Crippen LogP contribution in [0.3, 0.4) is 0 Å². The summed E-state index contributed by atoms with van der Waals surface area (Å²) in [5.74, 6) is 4.75. The second-order valence-electron chi connectivity index (χ2n) is 6.24. The Kier molecular flexibility index (Phi) is 7.82. The monoisotopic (exact) mass is 298 g/mol. The van der Waals surface area contributed by atoms with Gasteiger partial charge in [-0.05, 0) is 44.4 Å². The molecule has 0 aliphatic heterocycles. The molecule has 2 aliphatic rings. The van der Waals surface area contributed by atoms with Crippen LogP contribution in [0.4, 0.5) is 0 Å². The average molecular weight is 299 g/mol. The third-order valence-corrected chi connectivity index (χ3v) is 7.63. The lowest BCUT2D eigenvalue weighted by atomic mass is 9.91. The summed E-state index contributed by atoms with van der Waals surface area (Å²) in [6, 6.07) is 0. The quantitative estimate of drug-likeness (QED) is 0.551. The summed E-state index contributed by atoms with van der Waals surface area (Å²) >= 11 is 4.28. The lowest BCUT2D eigenvalue weighted by Gasteiger charge is -2.23. The highest BCUT2D eigenvalue weighted by molar-refractivity contribution is 8.22. The van der Waals surface area contributed by atoms with Gasteiger partial charge < -0.3 is 0 Å². The van der Waals surface area contributed by atoms with Crippen molar-refractivity contribution in [3.63, 3.8) is 0 Å². The first-order chi connectivity index (χ1) is 9.38. The Labute approximate surface area is 128 Å². The highest BCUT2D eigenvalue weighted by Gasteiger charge is 2.16. The molecular weight excluding hydrogens is 268 g/mol. The van der Waals surface area contributed by atoms with Gasteiger partial charge in [-0.25, -0.2) is 0 Å². The summed E-state index contributed by atoms with van der Waals surface area (Å²) in [4.78, 5) is 0. The molecule has 0 saturated heterocycles. The predicted molar refractivity (Wildman–Crippen MR) is 91.8 cm³/mol. The minimum absolute atomic E-state index is 1.00. The maximum absolute atomic E-state index is 2.35. The van der Waals surface area contributed by atoms with Crippen molar-refractivity contribution in [3.05, 3.63) is 10.3 Å². The zero-order valence-corrected chi connectivity index (χ0v) is 14.2. The van der Waals surface area contributed by atoms with Crippen molar-refractivity contribution >= 4 is 23.5 Å². The van der Waals surface area contributed by atoms with Gasteiger partial charge in [0.2, 0.25) is 0 Å². The molecule has 19 heavy (non-hydrogen) atoms. The Morgan fingerprint density at radius 2 is 1.21 bits per heavy atom. The van der Waals surface area contributed by atoms with Crippen molar-refractivity contribution in [2.24, 2.45) is 11.8 Å². The summed E-state index contributed by atoms with van der Waals surface area (Å²) in [7, 11) is 0. The molecule has 0 nitrogen and oxygen atoms in total. The van der Waals surface area contributed by atoms with E-state index in [9.17, 15) is 0 Å². The molecule has 0 N–H and O–H groups in total. The van der Waals surface area contributed by atoms with Crippen LogP contribution in [0.5, 0.6) is 0 Å². The molecule has 0 radical (unpaired) electrons. The Hall–Kier alpha value is 0.440. The summed E-state index contributed by atoms with van der Waals surface area (Å²) in [5.41, 5.74) is 0. The zero-order valence-electron chi connectivity index (χ0n) is 12.5. The number of hydrogen-bond acceptors (Lipinski definition) is 2. The van der Waals surface area contributed by atoms with Gasteiger partial charge in [0.1, 0.15) is 0 Å². The van der Waals surface area contributed by atoms with Gasteiger partial charge in [0.25, 0.3) is 0 Å². The van der Waals surface area contributed by atoms with Crippen LogP contribution in [0, 0.1) is 11.8 Å². The highest BCUT2D eigenvalue weighted by Crippen LogP contribution is 2.37. The third-order valence-electron chi connectivity index (χ3n) is 4.61. The van der Waals surface area contributed by atoms with E-state index in [1.54, 1.807) is 4.24 Å². The fraction of sp³-hybridized carbons (Fsp3) is 0.882. The molecule has 110 valence electrons. The van der Waals surface area contributed by atoms with Crippen molar-refractivity contribution in [3.8, 4) is 0 Å². The van der Waals surface area contributed by atoms with E-state index >= 15 is 0 Å². The zero-order chi connectivity index (χ0) is 13.3. The first-order valence-corrected chi connectivity index (χ1v) is 10.3. The van der Waals surface area contributed by atoms with E-state index < -0.39 is 0 Å². The molecule has 2 fully saturated rings. The smallest absolute Gasteiger partial charge is 0.0358 e. The van der Waals surface area contributed by atoms with E-state index in [4.69, 9.17) is 0 Å². The Morgan fingerprint density at radius 1 is 0.789 bits per heavy atom. The minimum Gasteiger partial charge on any atom is -0.119 e. The highest BCUT2D eigenvalue weighted by atomic mass is 32.2. The molecule has 0 bridgehead atoms. The fourth-order valence-corrected chi connectivity index (χ4v) is 5.86. The van der Waals surface area contributed by atoms with Crippen molar-refractivity contribution in [1.82, 2.24) is 0 Å². The van der Waals surface area contributed by atoms with Crippen molar-refractivity contribution in [1.29, 1.82) is 0 Å². The van der Waals surface area contributed by atoms with Crippen LogP contribution >= 0.6 is 23.5 Å². The van der Waals surface area contributed by atoms with Gasteiger partial charge in [0.15, 0.2) is 0 Å². The van der Waals surface area contributed by atoms with Gasteiger partial charge in [-0.3, -0.25) is 0 Å². The molecule has 0 aromatic carbocycles. The van der Waals surface area contributed by atoms with Crippen LogP contribution in [0.1, 0.15) is 71.1 Å². The summed E-state index contributed by atoms with van der Waals surface area (Å²) in [6.07, 6.45) is 17.2. The van der Waals surface area contributed by atoms with E-state index in [-0.39, 0.29) is 0 Å². The van der Waals surface area contributed by atoms with Gasteiger partial charge in [-0.15, -0.1) is 23.5 Å². The van der Waals surface area contributed by atoms with E-state index in [0.29, 0.717) is 0 Å². The first-order valence-electron chi connectivity index (χ1n) is 8.30. The SMILES string of the molecule is CC=C(SCC1CCCCC1)SCC1CCCCC1. The number of allylic oxidation sites excluding steroid dienone is 1. The molecule has 2 saturated carbocycles. The fourth-order valence-electron chi connectivity index (χ4n) is 3.32. The Bertz CT molecular complexity index is 236. The molecule has 0 unspecified atom stereocenters. The topological polar surface area (TPSA) is 0 Å². The van der Waals surface area contributed by atoms with Gasteiger partial charge in [-0.2, -0.15) is 0 Å². The molecule has 2 heteroatoms. The van der Waals surface area contributed by atoms with Crippen LogP contribution in [0.25, 0.3) is 0 Å². The molecule has 0 amide bonds. The lowest BCUT2D eigenvalue weighted by molar-refractivity contribution is 0.391. The molecule has 2 aliphatic carbocycles. The molecule has 0 atom stereocenters. The summed E-state index contributed by atoms with van der Waals surface area (Å²) in [5, 5.41) is 0. The molecule has 0 heterocycles. The van der Waals surface area contributed by atoms with E-state index in [2.05, 4.69) is 36.5 Å². The number of thioether (sulfide) groups is 2. The third kappa shape index (κ3) is 6.16. The van der Waals surface area contributed by atoms with Gasteiger partial charge in [0, 0.05) is 15.7 Å². The van der Waals surface area contributed by atoms with E-state index in [1.165, 1.54) is 75.7 Å². The lowest BCUT2D eigenvalue weighted by Crippen LogP contribution is -2.09. The maximum Gasteiger partial charge on any atom is 0.0358 e. The summed E-state index contributed by atoms with van der Waals surface area (Å²) < 4.78 is 1.59. The van der Waals surface area contributed by atoms with Gasteiger partial charge >= 0.3 is 0 Å². The van der Waals surface area contributed by atoms with Crippen molar-refractivity contribution in [2.75, 3.05) is 11.5 Å². The Morgan fingerprint density at radius 3 is 1.58 bits per heavy atom. The predicted octanol–water partition coefficient (Wildman–Crippen LogP) is 6.47. The maximum atomic E-state index is 2.35. The van der Waals surface area contributed by atoms with Crippen LogP contribution in [-0.4, -0.2) is 11.5 Å². The van der Waals surface area contributed by atoms with Gasteiger partial charge in [0.05, 0.1) is 0 Å². The number of hydrogen-bond donors (Lipinski definition) is 0. The van der Waals surface area contributed by atoms with Crippen molar-refractivity contribution < 1.29 is 0 Å². The second-order valence-corrected chi connectivity index (χ2v) is 8.62. The van der Waals surface area contributed by atoms with Crippen LogP contribution in [-0.2, 0) is 0 Å². The van der Waals surface area contributed by atoms with E-state index in [1.807, 2.05) is 0 Å². The molecule has 2 rings (SSSR count). The molecule has 0 aromatic heterocycles. The normalized spacial score (nSPS) is 22.4. The summed E-state index contributed by atoms with van der Waals surface area (Å²) in [6.45, 7) is 2.22. The van der Waals surface area contributed by atoms with E-state index in [0.717, 1.165) is 11.8 Å². The number of rotatable bonds is 6. The average Bonchev–Trinajstić information content (AvgIpc) is 2.49. The largest absolute Gasteiger partial charge is 0.119 e. The first kappa shape index (κ1) is 15.8. The standard InChI is InChI=1S/C17H30S2/c1-2-17(18-13-15-9-5-3-6-10-15)19-14-16-11-7-4-8-12-16/h2,15-16H,3-14H2,1H3. The van der Waals surface area contributed by atoms with Crippen LogP contribution in [0.15, 0.2) is 10.3 Å². The minimum atomic E-state index is 1.00.